The molecule has 0 radical (unpaired) electrons. The molecule has 2 N–H and O–H groups in total. The van der Waals surface area contributed by atoms with Crippen LogP contribution in [0.2, 0.25) is 0 Å². The Morgan fingerprint density at radius 2 is 1.81 bits per heavy atom. The van der Waals surface area contributed by atoms with E-state index in [0.29, 0.717) is 0 Å². The second kappa shape index (κ2) is 6.29. The molecule has 3 rings (SSSR count). The number of hydrogen-bond donors (Lipinski definition) is 1. The molecule has 1 aliphatic heterocycles. The Balaban J connectivity index is 1.82. The van der Waals surface area contributed by atoms with Gasteiger partial charge in [0.05, 0.1) is 0 Å². The van der Waals surface area contributed by atoms with Crippen molar-refractivity contribution in [1.82, 2.24) is 4.90 Å². The molecule has 2 aromatic rings. The molecule has 0 aromatic heterocycles. The Labute approximate surface area is 126 Å². The molecule has 2 unspecified atom stereocenters. The third kappa shape index (κ3) is 3.26. The molecule has 0 amide bonds. The van der Waals surface area contributed by atoms with Crippen LogP contribution in [0.3, 0.4) is 0 Å². The van der Waals surface area contributed by atoms with Crippen molar-refractivity contribution in [2.45, 2.75) is 24.9 Å². The van der Waals surface area contributed by atoms with Crippen LogP contribution in [-0.2, 0) is 0 Å². The molecule has 110 valence electrons. The first-order valence-corrected chi connectivity index (χ1v) is 7.53. The highest BCUT2D eigenvalue weighted by Crippen LogP contribution is 2.31. The number of hydrogen-bond acceptors (Lipinski definition) is 3. The second-order valence-corrected chi connectivity index (χ2v) is 5.72. The van der Waals surface area contributed by atoms with E-state index < -0.39 is 0 Å². The van der Waals surface area contributed by atoms with Crippen LogP contribution < -0.4 is 10.5 Å². The van der Waals surface area contributed by atoms with Crippen molar-refractivity contribution in [1.29, 1.82) is 0 Å². The molecule has 2 atom stereocenters. The number of para-hydroxylation sites is 1. The highest BCUT2D eigenvalue weighted by Gasteiger charge is 2.27. The predicted molar refractivity (Wildman–Crippen MR) is 85.5 cm³/mol. The van der Waals surface area contributed by atoms with Gasteiger partial charge in [0.25, 0.3) is 0 Å². The smallest absolute Gasteiger partial charge is 0.127 e. The van der Waals surface area contributed by atoms with Gasteiger partial charge < -0.3 is 10.5 Å². The van der Waals surface area contributed by atoms with Crippen molar-refractivity contribution in [3.05, 3.63) is 60.2 Å². The molecular weight excluding hydrogens is 260 g/mol. The summed E-state index contributed by atoms with van der Waals surface area (Å²) < 4.78 is 5.92. The van der Waals surface area contributed by atoms with E-state index in [0.717, 1.165) is 24.5 Å². The molecule has 0 bridgehead atoms. The summed E-state index contributed by atoms with van der Waals surface area (Å²) in [7, 11) is 2.15. The number of benzene rings is 2. The SMILES string of the molecule is CN1CCCC(N)C1c1cccc(Oc2ccccc2)c1. The largest absolute Gasteiger partial charge is 0.457 e. The maximum atomic E-state index is 6.32. The second-order valence-electron chi connectivity index (χ2n) is 5.72. The molecule has 21 heavy (non-hydrogen) atoms. The van der Waals surface area contributed by atoms with Gasteiger partial charge in [-0.3, -0.25) is 4.90 Å². The lowest BCUT2D eigenvalue weighted by atomic mass is 9.91. The van der Waals surface area contributed by atoms with Crippen LogP contribution in [0.4, 0.5) is 0 Å². The summed E-state index contributed by atoms with van der Waals surface area (Å²) in [6.07, 6.45) is 2.26. The number of piperidine rings is 1. The fraction of sp³-hybridized carbons (Fsp3) is 0.333. The Morgan fingerprint density at radius 3 is 2.57 bits per heavy atom. The molecule has 1 saturated heterocycles. The number of likely N-dealkylation sites (N-methyl/N-ethyl adjacent to an activating group) is 1. The average molecular weight is 282 g/mol. The Hall–Kier alpha value is -1.84. The Morgan fingerprint density at radius 1 is 1.05 bits per heavy atom. The van der Waals surface area contributed by atoms with Gasteiger partial charge in [0, 0.05) is 12.1 Å². The van der Waals surface area contributed by atoms with E-state index in [1.807, 2.05) is 42.5 Å². The summed E-state index contributed by atoms with van der Waals surface area (Å²) in [6.45, 7) is 1.10. The fourth-order valence-electron chi connectivity index (χ4n) is 3.09. The molecular formula is C18H22N2O. The summed E-state index contributed by atoms with van der Waals surface area (Å²) in [5.74, 6) is 1.72. The van der Waals surface area contributed by atoms with Crippen LogP contribution in [0.15, 0.2) is 54.6 Å². The third-order valence-corrected chi connectivity index (χ3v) is 4.11. The van der Waals surface area contributed by atoms with Crippen LogP contribution in [0.1, 0.15) is 24.4 Å². The molecule has 0 aliphatic carbocycles. The molecule has 3 heteroatoms. The number of nitrogens with zero attached hydrogens (tertiary/aromatic N) is 1. The van der Waals surface area contributed by atoms with Crippen LogP contribution in [0, 0.1) is 0 Å². The zero-order valence-electron chi connectivity index (χ0n) is 12.4. The fourth-order valence-corrected chi connectivity index (χ4v) is 3.09. The van der Waals surface area contributed by atoms with Crippen LogP contribution in [-0.4, -0.2) is 24.5 Å². The number of nitrogens with two attached hydrogens (primary N) is 1. The van der Waals surface area contributed by atoms with Gasteiger partial charge in [0.15, 0.2) is 0 Å². The van der Waals surface area contributed by atoms with Crippen LogP contribution >= 0.6 is 0 Å². The number of likely N-dealkylation sites (tertiary alicyclic amines) is 1. The predicted octanol–water partition coefficient (Wildman–Crippen LogP) is 3.57. The summed E-state index contributed by atoms with van der Waals surface area (Å²) in [5.41, 5.74) is 7.56. The highest BCUT2D eigenvalue weighted by atomic mass is 16.5. The van der Waals surface area contributed by atoms with Crippen molar-refractivity contribution in [3.63, 3.8) is 0 Å². The Kier molecular flexibility index (Phi) is 4.23. The van der Waals surface area contributed by atoms with Gasteiger partial charge in [-0.2, -0.15) is 0 Å². The first-order valence-electron chi connectivity index (χ1n) is 7.53. The minimum Gasteiger partial charge on any atom is -0.457 e. The zero-order valence-corrected chi connectivity index (χ0v) is 12.4. The maximum absolute atomic E-state index is 6.32. The van der Waals surface area contributed by atoms with E-state index in [9.17, 15) is 0 Å². The lowest BCUT2D eigenvalue weighted by Crippen LogP contribution is -2.43. The average Bonchev–Trinajstić information content (AvgIpc) is 2.48. The normalized spacial score (nSPS) is 23.0. The molecule has 0 spiro atoms. The molecule has 2 aromatic carbocycles. The maximum Gasteiger partial charge on any atom is 0.127 e. The van der Waals surface area contributed by atoms with Crippen molar-refractivity contribution in [2.24, 2.45) is 5.73 Å². The zero-order chi connectivity index (χ0) is 14.7. The van der Waals surface area contributed by atoms with E-state index in [-0.39, 0.29) is 12.1 Å². The van der Waals surface area contributed by atoms with Gasteiger partial charge in [0.2, 0.25) is 0 Å². The standard InChI is InChI=1S/C18H22N2O/c1-20-12-6-11-17(19)18(20)14-7-5-10-16(13-14)21-15-8-3-2-4-9-15/h2-5,7-10,13,17-18H,6,11-12,19H2,1H3. The first-order chi connectivity index (χ1) is 10.2. The lowest BCUT2D eigenvalue weighted by molar-refractivity contribution is 0.162. The quantitative estimate of drug-likeness (QED) is 0.935. The van der Waals surface area contributed by atoms with E-state index in [4.69, 9.17) is 10.5 Å². The van der Waals surface area contributed by atoms with E-state index in [2.05, 4.69) is 24.1 Å². The van der Waals surface area contributed by atoms with Crippen molar-refractivity contribution in [3.8, 4) is 11.5 Å². The van der Waals surface area contributed by atoms with Gasteiger partial charge in [-0.05, 0) is 56.3 Å². The summed E-state index contributed by atoms with van der Waals surface area (Å²) in [5, 5.41) is 0. The number of rotatable bonds is 3. The molecule has 1 heterocycles. The van der Waals surface area contributed by atoms with Crippen molar-refractivity contribution < 1.29 is 4.74 Å². The first kappa shape index (κ1) is 14.1. The summed E-state index contributed by atoms with van der Waals surface area (Å²) >= 11 is 0. The van der Waals surface area contributed by atoms with Gasteiger partial charge in [-0.15, -0.1) is 0 Å². The van der Waals surface area contributed by atoms with E-state index in [1.165, 1.54) is 12.0 Å². The molecule has 1 fully saturated rings. The molecule has 1 aliphatic rings. The van der Waals surface area contributed by atoms with E-state index in [1.54, 1.807) is 0 Å². The van der Waals surface area contributed by atoms with E-state index >= 15 is 0 Å². The minimum atomic E-state index is 0.190. The molecule has 0 saturated carbocycles. The van der Waals surface area contributed by atoms with Crippen molar-refractivity contribution in [2.75, 3.05) is 13.6 Å². The molecule has 3 nitrogen and oxygen atoms in total. The van der Waals surface area contributed by atoms with Gasteiger partial charge in [-0.25, -0.2) is 0 Å². The van der Waals surface area contributed by atoms with Gasteiger partial charge in [0.1, 0.15) is 11.5 Å². The summed E-state index contributed by atoms with van der Waals surface area (Å²) in [4.78, 5) is 2.34. The summed E-state index contributed by atoms with van der Waals surface area (Å²) in [6, 6.07) is 18.6. The number of ether oxygens (including phenoxy) is 1. The third-order valence-electron chi connectivity index (χ3n) is 4.11. The Bertz CT molecular complexity index is 575. The van der Waals surface area contributed by atoms with Gasteiger partial charge in [-0.1, -0.05) is 30.3 Å². The topological polar surface area (TPSA) is 38.5 Å². The highest BCUT2D eigenvalue weighted by molar-refractivity contribution is 5.35. The minimum absolute atomic E-state index is 0.190. The van der Waals surface area contributed by atoms with Gasteiger partial charge >= 0.3 is 0 Å². The van der Waals surface area contributed by atoms with Crippen LogP contribution in [0.25, 0.3) is 0 Å². The monoisotopic (exact) mass is 282 g/mol. The lowest BCUT2D eigenvalue weighted by Gasteiger charge is -2.37. The van der Waals surface area contributed by atoms with Crippen LogP contribution in [0.5, 0.6) is 11.5 Å². The van der Waals surface area contributed by atoms with Crippen molar-refractivity contribution >= 4 is 0 Å².